The molecule has 2 aromatic rings. The summed E-state index contributed by atoms with van der Waals surface area (Å²) in [5.74, 6) is 0. The van der Waals surface area contributed by atoms with Gasteiger partial charge in [0.15, 0.2) is 0 Å². The van der Waals surface area contributed by atoms with Crippen molar-refractivity contribution >= 4 is 27.5 Å². The summed E-state index contributed by atoms with van der Waals surface area (Å²) >= 11 is 1.75. The largest absolute Gasteiger partial charge is 0.335 e. The third kappa shape index (κ3) is 5.19. The Morgan fingerprint density at radius 1 is 1.31 bits per heavy atom. The minimum atomic E-state index is -0.0540. The van der Waals surface area contributed by atoms with Crippen molar-refractivity contribution < 1.29 is 4.79 Å². The number of hydrogen-bond donors (Lipinski definition) is 2. The number of thiophene rings is 1. The molecule has 3 rings (SSSR count). The van der Waals surface area contributed by atoms with Crippen LogP contribution in [-0.2, 0) is 0 Å². The predicted octanol–water partition coefficient (Wildman–Crippen LogP) is 3.29. The molecule has 6 heteroatoms. The Bertz CT molecular complexity index is 688. The van der Waals surface area contributed by atoms with Crippen LogP contribution < -0.4 is 10.6 Å². The van der Waals surface area contributed by atoms with Crippen molar-refractivity contribution in [3.8, 4) is 0 Å². The molecule has 2 N–H and O–H groups in total. The summed E-state index contributed by atoms with van der Waals surface area (Å²) in [6.45, 7) is 6.36. The number of rotatable bonds is 6. The van der Waals surface area contributed by atoms with E-state index in [4.69, 9.17) is 0 Å². The number of nitrogens with one attached hydrogen (secondary N) is 2. The first kappa shape index (κ1) is 19.1. The quantitative estimate of drug-likeness (QED) is 0.816. The Balaban J connectivity index is 1.44. The highest BCUT2D eigenvalue weighted by molar-refractivity contribution is 7.19. The van der Waals surface area contributed by atoms with Crippen LogP contribution in [-0.4, -0.2) is 62.1 Å². The van der Waals surface area contributed by atoms with Gasteiger partial charge in [-0.3, -0.25) is 0 Å². The number of benzene rings is 1. The molecule has 0 bridgehead atoms. The number of carbonyl (C=O) groups is 1. The number of nitrogens with zero attached hydrogens (tertiary/aromatic N) is 2. The molecule has 26 heavy (non-hydrogen) atoms. The van der Waals surface area contributed by atoms with Crippen LogP contribution in [0.1, 0.15) is 30.7 Å². The molecule has 1 aliphatic rings. The van der Waals surface area contributed by atoms with Crippen molar-refractivity contribution in [3.63, 3.8) is 0 Å². The van der Waals surface area contributed by atoms with Crippen molar-refractivity contribution in [2.24, 2.45) is 0 Å². The van der Waals surface area contributed by atoms with E-state index in [1.807, 2.05) is 6.92 Å². The number of piperidine rings is 1. The van der Waals surface area contributed by atoms with Gasteiger partial charge in [-0.1, -0.05) is 18.2 Å². The Morgan fingerprint density at radius 3 is 2.73 bits per heavy atom. The molecule has 1 unspecified atom stereocenters. The fourth-order valence-corrected chi connectivity index (χ4v) is 4.42. The summed E-state index contributed by atoms with van der Waals surface area (Å²) in [7, 11) is 4.22. The average molecular weight is 375 g/mol. The summed E-state index contributed by atoms with van der Waals surface area (Å²) in [6, 6.07) is 10.8. The second kappa shape index (κ2) is 8.84. The van der Waals surface area contributed by atoms with Crippen molar-refractivity contribution in [1.82, 2.24) is 20.4 Å². The topological polar surface area (TPSA) is 47.6 Å². The normalized spacial score (nSPS) is 17.5. The van der Waals surface area contributed by atoms with Gasteiger partial charge in [-0.05, 0) is 51.4 Å². The van der Waals surface area contributed by atoms with Crippen molar-refractivity contribution in [1.29, 1.82) is 0 Å². The van der Waals surface area contributed by atoms with E-state index in [9.17, 15) is 4.79 Å². The highest BCUT2D eigenvalue weighted by atomic mass is 32.1. The van der Waals surface area contributed by atoms with Crippen LogP contribution in [0.4, 0.5) is 4.79 Å². The number of carbonyl (C=O) groups excluding carboxylic acids is 1. The first-order chi connectivity index (χ1) is 12.5. The summed E-state index contributed by atoms with van der Waals surface area (Å²) in [6.07, 6.45) is 2.05. The zero-order valence-corrected chi connectivity index (χ0v) is 16.8. The lowest BCUT2D eigenvalue weighted by Gasteiger charge is -2.33. The Morgan fingerprint density at radius 2 is 2.04 bits per heavy atom. The van der Waals surface area contributed by atoms with Crippen LogP contribution in [0.15, 0.2) is 30.3 Å². The second-order valence-corrected chi connectivity index (χ2v) is 8.56. The van der Waals surface area contributed by atoms with Crippen LogP contribution in [0.25, 0.3) is 10.1 Å². The third-order valence-electron chi connectivity index (χ3n) is 5.01. The van der Waals surface area contributed by atoms with Gasteiger partial charge in [0.25, 0.3) is 0 Å². The van der Waals surface area contributed by atoms with E-state index in [0.29, 0.717) is 0 Å². The Kier molecular flexibility index (Phi) is 6.51. The number of likely N-dealkylation sites (N-methyl/N-ethyl adjacent to an activating group) is 1. The van der Waals surface area contributed by atoms with E-state index in [1.165, 1.54) is 15.0 Å². The van der Waals surface area contributed by atoms with Crippen molar-refractivity contribution in [3.05, 3.63) is 35.2 Å². The highest BCUT2D eigenvalue weighted by Gasteiger charge is 2.21. The standard InChI is InChI=1S/C20H30N4OS/c1-15(19-14-16-6-4-5-7-18(16)26-19)21-20(25)22-17-8-10-24(11-9-17)13-12-23(2)3/h4-7,14-15,17H,8-13H2,1-3H3,(H2,21,22,25). The maximum atomic E-state index is 12.4. The zero-order valence-electron chi connectivity index (χ0n) is 16.0. The van der Waals surface area contributed by atoms with Crippen LogP contribution in [0.5, 0.6) is 0 Å². The number of amides is 2. The molecule has 0 radical (unpaired) electrons. The molecule has 1 atom stereocenters. The molecule has 142 valence electrons. The minimum Gasteiger partial charge on any atom is -0.335 e. The highest BCUT2D eigenvalue weighted by Crippen LogP contribution is 2.29. The summed E-state index contributed by atoms with van der Waals surface area (Å²) in [5, 5.41) is 7.49. The van der Waals surface area contributed by atoms with E-state index in [1.54, 1.807) is 11.3 Å². The molecular formula is C20H30N4OS. The van der Waals surface area contributed by atoms with Gasteiger partial charge in [-0.25, -0.2) is 4.79 Å². The number of hydrogen-bond acceptors (Lipinski definition) is 4. The summed E-state index contributed by atoms with van der Waals surface area (Å²) < 4.78 is 1.27. The maximum Gasteiger partial charge on any atom is 0.315 e. The Labute approximate surface area is 160 Å². The summed E-state index contributed by atoms with van der Waals surface area (Å²) in [5.41, 5.74) is 0. The fourth-order valence-electron chi connectivity index (χ4n) is 3.35. The van der Waals surface area contributed by atoms with E-state index in [2.05, 4.69) is 64.9 Å². The van der Waals surface area contributed by atoms with Crippen LogP contribution in [0.2, 0.25) is 0 Å². The molecule has 1 aromatic heterocycles. The van der Waals surface area contributed by atoms with Crippen molar-refractivity contribution in [2.75, 3.05) is 40.3 Å². The minimum absolute atomic E-state index is 0.0209. The lowest BCUT2D eigenvalue weighted by molar-refractivity contribution is 0.179. The molecule has 5 nitrogen and oxygen atoms in total. The third-order valence-corrected chi connectivity index (χ3v) is 6.30. The van der Waals surface area contributed by atoms with E-state index >= 15 is 0 Å². The molecular weight excluding hydrogens is 344 g/mol. The molecule has 1 aromatic carbocycles. The molecule has 0 saturated carbocycles. The molecule has 2 heterocycles. The van der Waals surface area contributed by atoms with Gasteiger partial charge >= 0.3 is 6.03 Å². The van der Waals surface area contributed by atoms with Gasteiger partial charge < -0.3 is 20.4 Å². The van der Waals surface area contributed by atoms with Crippen LogP contribution >= 0.6 is 11.3 Å². The van der Waals surface area contributed by atoms with Crippen LogP contribution in [0.3, 0.4) is 0 Å². The first-order valence-electron chi connectivity index (χ1n) is 9.44. The molecule has 2 amide bonds. The fraction of sp³-hybridized carbons (Fsp3) is 0.550. The molecule has 0 spiro atoms. The average Bonchev–Trinajstić information content (AvgIpc) is 3.05. The molecule has 1 aliphatic heterocycles. The lowest BCUT2D eigenvalue weighted by atomic mass is 10.1. The molecule has 0 aliphatic carbocycles. The summed E-state index contributed by atoms with van der Waals surface area (Å²) in [4.78, 5) is 18.3. The smallest absolute Gasteiger partial charge is 0.315 e. The zero-order chi connectivity index (χ0) is 18.5. The number of fused-ring (bicyclic) bond motifs is 1. The molecule has 1 saturated heterocycles. The Hall–Kier alpha value is -1.63. The number of likely N-dealkylation sites (tertiary alicyclic amines) is 1. The van der Waals surface area contributed by atoms with E-state index in [-0.39, 0.29) is 18.1 Å². The van der Waals surface area contributed by atoms with Crippen molar-refractivity contribution in [2.45, 2.75) is 31.8 Å². The van der Waals surface area contributed by atoms with Gasteiger partial charge in [-0.2, -0.15) is 0 Å². The monoisotopic (exact) mass is 374 g/mol. The van der Waals surface area contributed by atoms with Gasteiger partial charge in [0.1, 0.15) is 0 Å². The number of urea groups is 1. The first-order valence-corrected chi connectivity index (χ1v) is 10.3. The maximum absolute atomic E-state index is 12.4. The van der Waals surface area contributed by atoms with Crippen LogP contribution in [0, 0.1) is 0 Å². The predicted molar refractivity (Wildman–Crippen MR) is 110 cm³/mol. The SMILES string of the molecule is CC(NC(=O)NC1CCN(CCN(C)C)CC1)c1cc2ccccc2s1. The molecule has 1 fully saturated rings. The second-order valence-electron chi connectivity index (χ2n) is 7.45. The van der Waals surface area contributed by atoms with Gasteiger partial charge in [0.05, 0.1) is 6.04 Å². The van der Waals surface area contributed by atoms with E-state index < -0.39 is 0 Å². The van der Waals surface area contributed by atoms with E-state index in [0.717, 1.165) is 39.0 Å². The van der Waals surface area contributed by atoms with Gasteiger partial charge in [-0.15, -0.1) is 11.3 Å². The van der Waals surface area contributed by atoms with Gasteiger partial charge in [0.2, 0.25) is 0 Å². The van der Waals surface area contributed by atoms with Gasteiger partial charge in [0, 0.05) is 41.8 Å². The lowest BCUT2D eigenvalue weighted by Crippen LogP contribution is -2.49.